The number of carbonyl (C=O) groups excluding carboxylic acids is 1. The zero-order valence-corrected chi connectivity index (χ0v) is 11.6. The molecule has 1 amide bonds. The topological polar surface area (TPSA) is 33.2 Å². The SMILES string of the molecule is CCCC1(CCC)CN(C)C(=O)c2cccnc21. The first-order valence-electron chi connectivity index (χ1n) is 6.85. The highest BCUT2D eigenvalue weighted by atomic mass is 16.2. The van der Waals surface area contributed by atoms with Gasteiger partial charge in [-0.15, -0.1) is 0 Å². The smallest absolute Gasteiger partial charge is 0.255 e. The molecule has 1 aromatic rings. The number of fused-ring (bicyclic) bond motifs is 1. The summed E-state index contributed by atoms with van der Waals surface area (Å²) in [5.74, 6) is 0.112. The fourth-order valence-electron chi connectivity index (χ4n) is 3.28. The minimum atomic E-state index is 0.0583. The second kappa shape index (κ2) is 5.09. The van der Waals surface area contributed by atoms with Crippen LogP contribution in [0.1, 0.15) is 55.6 Å². The molecule has 0 saturated heterocycles. The van der Waals surface area contributed by atoms with Gasteiger partial charge >= 0.3 is 0 Å². The van der Waals surface area contributed by atoms with E-state index in [-0.39, 0.29) is 11.3 Å². The molecule has 0 unspecified atom stereocenters. The Bertz CT molecular complexity index is 436. The van der Waals surface area contributed by atoms with E-state index in [1.807, 2.05) is 30.3 Å². The van der Waals surface area contributed by atoms with Gasteiger partial charge in [0, 0.05) is 25.2 Å². The van der Waals surface area contributed by atoms with Crippen LogP contribution in [0, 0.1) is 0 Å². The lowest BCUT2D eigenvalue weighted by atomic mass is 9.72. The van der Waals surface area contributed by atoms with Crippen LogP contribution in [-0.2, 0) is 5.41 Å². The summed E-state index contributed by atoms with van der Waals surface area (Å²) < 4.78 is 0. The van der Waals surface area contributed by atoms with Crippen molar-refractivity contribution in [2.24, 2.45) is 0 Å². The molecule has 98 valence electrons. The Morgan fingerprint density at radius 2 is 2.00 bits per heavy atom. The summed E-state index contributed by atoms with van der Waals surface area (Å²) in [7, 11) is 1.90. The van der Waals surface area contributed by atoms with Gasteiger partial charge in [0.05, 0.1) is 11.3 Å². The van der Waals surface area contributed by atoms with Crippen LogP contribution in [0.4, 0.5) is 0 Å². The molecule has 0 atom stereocenters. The highest BCUT2D eigenvalue weighted by Crippen LogP contribution is 2.39. The molecule has 0 bridgehead atoms. The normalized spacial score (nSPS) is 17.7. The summed E-state index contributed by atoms with van der Waals surface area (Å²) in [4.78, 5) is 18.6. The van der Waals surface area contributed by atoms with Gasteiger partial charge in [0.15, 0.2) is 0 Å². The Balaban J connectivity index is 2.53. The summed E-state index contributed by atoms with van der Waals surface area (Å²) in [5.41, 5.74) is 1.88. The van der Waals surface area contributed by atoms with Crippen molar-refractivity contribution in [1.82, 2.24) is 9.88 Å². The molecule has 1 aromatic heterocycles. The van der Waals surface area contributed by atoms with Crippen molar-refractivity contribution in [3.05, 3.63) is 29.6 Å². The van der Waals surface area contributed by atoms with Crippen molar-refractivity contribution in [3.8, 4) is 0 Å². The molecular weight excluding hydrogens is 224 g/mol. The van der Waals surface area contributed by atoms with Gasteiger partial charge in [0.25, 0.3) is 5.91 Å². The Morgan fingerprint density at radius 3 is 2.61 bits per heavy atom. The van der Waals surface area contributed by atoms with E-state index >= 15 is 0 Å². The van der Waals surface area contributed by atoms with E-state index in [1.54, 1.807) is 0 Å². The van der Waals surface area contributed by atoms with Gasteiger partial charge in [-0.05, 0) is 25.0 Å². The summed E-state index contributed by atoms with van der Waals surface area (Å²) >= 11 is 0. The van der Waals surface area contributed by atoms with E-state index in [0.717, 1.165) is 43.5 Å². The molecule has 3 heteroatoms. The van der Waals surface area contributed by atoms with Crippen molar-refractivity contribution in [3.63, 3.8) is 0 Å². The maximum atomic E-state index is 12.2. The third kappa shape index (κ3) is 2.02. The summed E-state index contributed by atoms with van der Waals surface area (Å²) in [5, 5.41) is 0. The Hall–Kier alpha value is -1.38. The molecular formula is C15H22N2O. The second-order valence-corrected chi connectivity index (χ2v) is 5.34. The van der Waals surface area contributed by atoms with Crippen LogP contribution in [0.25, 0.3) is 0 Å². The van der Waals surface area contributed by atoms with E-state index in [9.17, 15) is 4.79 Å². The number of likely N-dealkylation sites (N-methyl/N-ethyl adjacent to an activating group) is 1. The monoisotopic (exact) mass is 246 g/mol. The molecule has 0 aromatic carbocycles. The van der Waals surface area contributed by atoms with Crippen molar-refractivity contribution in [2.75, 3.05) is 13.6 Å². The van der Waals surface area contributed by atoms with Gasteiger partial charge in [-0.2, -0.15) is 0 Å². The molecule has 1 aliphatic heterocycles. The summed E-state index contributed by atoms with van der Waals surface area (Å²) in [6.45, 7) is 5.21. The second-order valence-electron chi connectivity index (χ2n) is 5.34. The van der Waals surface area contributed by atoms with Crippen LogP contribution < -0.4 is 0 Å². The van der Waals surface area contributed by atoms with Crippen molar-refractivity contribution >= 4 is 5.91 Å². The number of hydrogen-bond donors (Lipinski definition) is 0. The Morgan fingerprint density at radius 1 is 1.33 bits per heavy atom. The Kier molecular flexibility index (Phi) is 3.69. The number of hydrogen-bond acceptors (Lipinski definition) is 2. The number of pyridine rings is 1. The van der Waals surface area contributed by atoms with Gasteiger partial charge in [-0.3, -0.25) is 9.78 Å². The molecule has 0 fully saturated rings. The maximum absolute atomic E-state index is 12.2. The average molecular weight is 246 g/mol. The highest BCUT2D eigenvalue weighted by molar-refractivity contribution is 5.96. The molecule has 0 saturated carbocycles. The molecule has 2 heterocycles. The number of nitrogens with zero attached hydrogens (tertiary/aromatic N) is 2. The van der Waals surface area contributed by atoms with Crippen molar-refractivity contribution in [2.45, 2.75) is 44.9 Å². The number of amides is 1. The number of carbonyl (C=O) groups is 1. The third-order valence-electron chi connectivity index (χ3n) is 3.88. The van der Waals surface area contributed by atoms with Crippen LogP contribution in [0.5, 0.6) is 0 Å². The van der Waals surface area contributed by atoms with E-state index in [4.69, 9.17) is 0 Å². The van der Waals surface area contributed by atoms with Crippen LogP contribution in [0.2, 0.25) is 0 Å². The minimum absolute atomic E-state index is 0.0583. The van der Waals surface area contributed by atoms with E-state index < -0.39 is 0 Å². The van der Waals surface area contributed by atoms with Crippen LogP contribution in [0.15, 0.2) is 18.3 Å². The van der Waals surface area contributed by atoms with Crippen molar-refractivity contribution < 1.29 is 4.79 Å². The standard InChI is InChI=1S/C15H22N2O/c1-4-8-15(9-5-2)11-17(3)14(18)12-7-6-10-16-13(12)15/h6-7,10H,4-5,8-9,11H2,1-3H3. The fourth-order valence-corrected chi connectivity index (χ4v) is 3.28. The Labute approximate surface area is 109 Å². The highest BCUT2D eigenvalue weighted by Gasteiger charge is 2.41. The largest absolute Gasteiger partial charge is 0.341 e. The third-order valence-corrected chi connectivity index (χ3v) is 3.88. The van der Waals surface area contributed by atoms with Gasteiger partial charge in [0.2, 0.25) is 0 Å². The zero-order chi connectivity index (χ0) is 13.2. The van der Waals surface area contributed by atoms with E-state index in [1.165, 1.54) is 0 Å². The first-order chi connectivity index (χ1) is 8.64. The maximum Gasteiger partial charge on any atom is 0.255 e. The van der Waals surface area contributed by atoms with E-state index in [2.05, 4.69) is 18.8 Å². The van der Waals surface area contributed by atoms with Gasteiger partial charge in [0.1, 0.15) is 0 Å². The first kappa shape index (κ1) is 13.1. The zero-order valence-electron chi connectivity index (χ0n) is 11.6. The summed E-state index contributed by atoms with van der Waals surface area (Å²) in [6, 6.07) is 3.78. The molecule has 0 aliphatic carbocycles. The van der Waals surface area contributed by atoms with Gasteiger partial charge < -0.3 is 4.90 Å². The first-order valence-corrected chi connectivity index (χ1v) is 6.85. The predicted octanol–water partition coefficient (Wildman–Crippen LogP) is 3.01. The number of rotatable bonds is 4. The molecule has 3 nitrogen and oxygen atoms in total. The van der Waals surface area contributed by atoms with Gasteiger partial charge in [-0.25, -0.2) is 0 Å². The lowest BCUT2D eigenvalue weighted by Gasteiger charge is -2.41. The lowest BCUT2D eigenvalue weighted by molar-refractivity contribution is 0.0701. The quantitative estimate of drug-likeness (QED) is 0.818. The fraction of sp³-hybridized carbons (Fsp3) is 0.600. The van der Waals surface area contributed by atoms with Crippen LogP contribution >= 0.6 is 0 Å². The van der Waals surface area contributed by atoms with Crippen molar-refractivity contribution in [1.29, 1.82) is 0 Å². The molecule has 2 rings (SSSR count). The minimum Gasteiger partial charge on any atom is -0.341 e. The predicted molar refractivity (Wildman–Crippen MR) is 72.7 cm³/mol. The van der Waals surface area contributed by atoms with E-state index in [0.29, 0.717) is 0 Å². The molecule has 18 heavy (non-hydrogen) atoms. The molecule has 0 radical (unpaired) electrons. The van der Waals surface area contributed by atoms with Crippen LogP contribution in [-0.4, -0.2) is 29.4 Å². The summed E-state index contributed by atoms with van der Waals surface area (Å²) in [6.07, 6.45) is 6.26. The molecule has 0 spiro atoms. The molecule has 0 N–H and O–H groups in total. The van der Waals surface area contributed by atoms with Crippen LogP contribution in [0.3, 0.4) is 0 Å². The van der Waals surface area contributed by atoms with Gasteiger partial charge in [-0.1, -0.05) is 26.7 Å². The molecule has 1 aliphatic rings. The lowest BCUT2D eigenvalue weighted by Crippen LogP contribution is -2.48. The average Bonchev–Trinajstić information content (AvgIpc) is 2.37. The number of aromatic nitrogens is 1.